The topological polar surface area (TPSA) is 266 Å². The quantitative estimate of drug-likeness (QED) is 0.103. The minimum absolute atomic E-state index is 0.000261. The average molecular weight is 692 g/mol. The highest BCUT2D eigenvalue weighted by molar-refractivity contribution is 7.33. The molecule has 0 fully saturated rings. The third kappa shape index (κ3) is 12.7. The second-order valence-electron chi connectivity index (χ2n) is 11.8. The molecule has 0 aliphatic carbocycles. The monoisotopic (exact) mass is 691 g/mol. The van der Waals surface area contributed by atoms with E-state index in [2.05, 4.69) is 10.6 Å². The van der Waals surface area contributed by atoms with Crippen LogP contribution >= 0.6 is 8.25 Å². The number of hydrogen-bond donors (Lipinski definition) is 2. The van der Waals surface area contributed by atoms with Crippen LogP contribution in [-0.2, 0) is 13.6 Å². The van der Waals surface area contributed by atoms with Crippen molar-refractivity contribution in [2.75, 3.05) is 13.2 Å². The lowest BCUT2D eigenvalue weighted by molar-refractivity contribution is -0.394. The smallest absolute Gasteiger partial charge is 0.329 e. The van der Waals surface area contributed by atoms with E-state index in [1.54, 1.807) is 39.8 Å². The van der Waals surface area contributed by atoms with Crippen LogP contribution in [0.5, 0.6) is 0 Å². The molecule has 19 nitrogen and oxygen atoms in total. The second-order valence-corrected chi connectivity index (χ2v) is 12.7. The van der Waals surface area contributed by atoms with Gasteiger partial charge in [0.05, 0.1) is 43.0 Å². The van der Waals surface area contributed by atoms with Gasteiger partial charge in [-0.2, -0.15) is 0 Å². The Morgan fingerprint density at radius 1 is 0.646 bits per heavy atom. The van der Waals surface area contributed by atoms with Gasteiger partial charge in [-0.05, 0) is 23.7 Å². The molecule has 0 saturated carbocycles. The summed E-state index contributed by atoms with van der Waals surface area (Å²) in [5.74, 6) is -1.59. The zero-order chi connectivity index (χ0) is 36.2. The summed E-state index contributed by atoms with van der Waals surface area (Å²) >= 11 is 0. The Morgan fingerprint density at radius 3 is 1.21 bits per heavy atom. The first kappa shape index (κ1) is 38.7. The summed E-state index contributed by atoms with van der Waals surface area (Å²) in [5, 5.41) is 48.9. The molecule has 2 aromatic rings. The van der Waals surface area contributed by atoms with Crippen LogP contribution in [0.4, 0.5) is 22.7 Å². The summed E-state index contributed by atoms with van der Waals surface area (Å²) in [6, 6.07) is 5.16. The third-order valence-electron chi connectivity index (χ3n) is 6.30. The highest BCUT2D eigenvalue weighted by Gasteiger charge is 2.30. The second kappa shape index (κ2) is 16.9. The van der Waals surface area contributed by atoms with E-state index in [-0.39, 0.29) is 24.3 Å². The normalized spacial score (nSPS) is 12.1. The van der Waals surface area contributed by atoms with Crippen LogP contribution < -0.4 is 10.6 Å². The first-order valence-corrected chi connectivity index (χ1v) is 14.9. The van der Waals surface area contributed by atoms with Crippen molar-refractivity contribution in [3.63, 3.8) is 0 Å². The van der Waals surface area contributed by atoms with Crippen LogP contribution in [0.3, 0.4) is 0 Å². The molecule has 0 aliphatic rings. The number of carbonyl (C=O) groups is 2. The van der Waals surface area contributed by atoms with E-state index in [0.29, 0.717) is 12.8 Å². The Labute approximate surface area is 273 Å². The Morgan fingerprint density at radius 2 is 0.938 bits per heavy atom. The fourth-order valence-electron chi connectivity index (χ4n) is 3.68. The van der Waals surface area contributed by atoms with Crippen molar-refractivity contribution < 1.29 is 42.9 Å². The molecule has 2 aromatic carbocycles. The van der Waals surface area contributed by atoms with E-state index in [0.717, 1.165) is 36.4 Å². The van der Waals surface area contributed by atoms with Crippen LogP contribution in [-0.4, -0.2) is 44.7 Å². The van der Waals surface area contributed by atoms with Crippen molar-refractivity contribution in [1.82, 2.24) is 10.6 Å². The van der Waals surface area contributed by atoms with Gasteiger partial charge in [-0.15, -0.1) is 9.05 Å². The SMILES string of the molecule is CC(C)(CC=CNC(=O)c1cc([N+](=O)[O-])cc([N+](=O)[O-])c1)CO[P+](=O)OCC(C)(C)CC=CNC(=O)c1cc([N+](=O)[O-])cc([N+](=O)[O-])c1. The van der Waals surface area contributed by atoms with Crippen molar-refractivity contribution >= 4 is 42.8 Å². The number of amides is 2. The molecular weight excluding hydrogens is 659 g/mol. The standard InChI is InChI=1S/C28H31N6O13P/c1-27(2,7-5-9-29-25(35)19-11-21(31(37)38)15-22(12-19)32(39)40)17-46-48(45)47-18-28(3,4)8-6-10-30-26(36)20-13-23(33(41)42)16-24(14-20)34(43)44/h5-6,9-16H,7-8,17-18H2,1-4H3,(H-,29,30,35,36)/p+1. The number of non-ortho nitro benzene ring substituents is 4. The molecule has 48 heavy (non-hydrogen) atoms. The van der Waals surface area contributed by atoms with E-state index in [9.17, 15) is 54.6 Å². The van der Waals surface area contributed by atoms with Crippen LogP contribution in [0.15, 0.2) is 61.0 Å². The molecule has 2 N–H and O–H groups in total. The third-order valence-corrected chi connectivity index (χ3v) is 6.98. The molecule has 0 aromatic heterocycles. The largest absolute Gasteiger partial charge is 0.697 e. The van der Waals surface area contributed by atoms with Gasteiger partial charge >= 0.3 is 8.25 Å². The molecule has 0 saturated heterocycles. The molecule has 20 heteroatoms. The minimum atomic E-state index is -2.52. The molecule has 0 spiro atoms. The van der Waals surface area contributed by atoms with Gasteiger partial charge in [-0.25, -0.2) is 0 Å². The zero-order valence-electron chi connectivity index (χ0n) is 26.1. The number of nitro groups is 4. The van der Waals surface area contributed by atoms with E-state index in [4.69, 9.17) is 9.05 Å². The molecule has 0 aliphatic heterocycles. The molecule has 0 bridgehead atoms. The Balaban J connectivity index is 1.80. The van der Waals surface area contributed by atoms with E-state index in [1.807, 2.05) is 0 Å². The number of benzene rings is 2. The Hall–Kier alpha value is -5.52. The lowest BCUT2D eigenvalue weighted by atomic mass is 9.91. The van der Waals surface area contributed by atoms with E-state index in [1.165, 1.54) is 12.4 Å². The van der Waals surface area contributed by atoms with Crippen molar-refractivity contribution in [3.8, 4) is 0 Å². The van der Waals surface area contributed by atoms with Crippen LogP contribution in [0.2, 0.25) is 0 Å². The predicted molar refractivity (Wildman–Crippen MR) is 169 cm³/mol. The van der Waals surface area contributed by atoms with Gasteiger partial charge in [0, 0.05) is 41.2 Å². The molecule has 0 unspecified atom stereocenters. The number of nitrogens with one attached hydrogen (secondary N) is 2. The Bertz CT molecular complexity index is 1490. The predicted octanol–water partition coefficient (Wildman–Crippen LogP) is 6.03. The Kier molecular flexibility index (Phi) is 13.6. The molecule has 256 valence electrons. The fraction of sp³-hybridized carbons (Fsp3) is 0.357. The van der Waals surface area contributed by atoms with Gasteiger partial charge in [0.15, 0.2) is 0 Å². The summed E-state index contributed by atoms with van der Waals surface area (Å²) in [7, 11) is -2.52. The molecule has 2 rings (SSSR count). The van der Waals surface area contributed by atoms with Crippen molar-refractivity contribution in [2.45, 2.75) is 40.5 Å². The fourth-order valence-corrected chi connectivity index (χ4v) is 4.66. The highest BCUT2D eigenvalue weighted by atomic mass is 31.1. The van der Waals surface area contributed by atoms with Crippen molar-refractivity contribution in [1.29, 1.82) is 0 Å². The van der Waals surface area contributed by atoms with Gasteiger partial charge in [0.25, 0.3) is 34.6 Å². The average Bonchev–Trinajstić information content (AvgIpc) is 3.02. The molecule has 0 radical (unpaired) electrons. The van der Waals surface area contributed by atoms with Gasteiger partial charge in [0.1, 0.15) is 13.2 Å². The number of nitrogens with zero attached hydrogens (tertiary/aromatic N) is 4. The number of carbonyl (C=O) groups excluding carboxylic acids is 2. The van der Waals surface area contributed by atoms with Gasteiger partial charge in [-0.1, -0.05) is 39.8 Å². The van der Waals surface area contributed by atoms with Crippen LogP contribution in [0.1, 0.15) is 61.3 Å². The van der Waals surface area contributed by atoms with E-state index >= 15 is 0 Å². The first-order chi connectivity index (χ1) is 22.3. The van der Waals surface area contributed by atoms with Gasteiger partial charge < -0.3 is 10.6 Å². The summed E-state index contributed by atoms with van der Waals surface area (Å²) in [6.07, 6.45) is 6.34. The summed E-state index contributed by atoms with van der Waals surface area (Å²) < 4.78 is 23.0. The zero-order valence-corrected chi connectivity index (χ0v) is 27.0. The number of nitro benzene ring substituents is 4. The first-order valence-electron chi connectivity index (χ1n) is 13.8. The summed E-state index contributed by atoms with van der Waals surface area (Å²) in [6.45, 7) is 7.17. The highest BCUT2D eigenvalue weighted by Crippen LogP contribution is 2.34. The molecular formula is C28H32N6O13P+. The molecule has 0 heterocycles. The van der Waals surface area contributed by atoms with E-state index < -0.39 is 73.3 Å². The summed E-state index contributed by atoms with van der Waals surface area (Å²) in [5.41, 5.74) is -4.10. The number of allylic oxidation sites excluding steroid dienone is 2. The van der Waals surface area contributed by atoms with Crippen molar-refractivity contribution in [2.24, 2.45) is 10.8 Å². The minimum Gasteiger partial charge on any atom is -0.329 e. The van der Waals surface area contributed by atoms with Crippen molar-refractivity contribution in [3.05, 3.63) is 113 Å². The maximum absolute atomic E-state index is 12.4. The van der Waals surface area contributed by atoms with Gasteiger partial charge in [-0.3, -0.25) is 50.0 Å². The number of hydrogen-bond acceptors (Lipinski definition) is 13. The van der Waals surface area contributed by atoms with Gasteiger partial charge in [0.2, 0.25) is 0 Å². The lowest BCUT2D eigenvalue weighted by Crippen LogP contribution is -2.20. The van der Waals surface area contributed by atoms with Crippen LogP contribution in [0.25, 0.3) is 0 Å². The van der Waals surface area contributed by atoms with Crippen LogP contribution in [0, 0.1) is 51.3 Å². The molecule has 0 atom stereocenters. The lowest BCUT2D eigenvalue weighted by Gasteiger charge is -2.20. The summed E-state index contributed by atoms with van der Waals surface area (Å²) in [4.78, 5) is 65.5. The maximum Gasteiger partial charge on any atom is 0.697 e. The number of rotatable bonds is 18. The molecule has 2 amide bonds. The maximum atomic E-state index is 12.4.